The number of phenolic OH excluding ortho intramolecular Hbond substituents is 1. The van der Waals surface area contributed by atoms with Gasteiger partial charge in [0, 0.05) is 5.69 Å². The number of phenols is 1. The van der Waals surface area contributed by atoms with Crippen LogP contribution >= 0.6 is 0 Å². The maximum Gasteiger partial charge on any atom is 0.266 e. The number of nitrogens with one attached hydrogen (secondary N) is 1. The molecule has 2 aromatic rings. The van der Waals surface area contributed by atoms with Crippen LogP contribution in [0.5, 0.6) is 11.5 Å². The van der Waals surface area contributed by atoms with Gasteiger partial charge in [-0.05, 0) is 48.7 Å². The molecule has 0 bridgehead atoms. The molecule has 0 radical (unpaired) electrons. The zero-order valence-corrected chi connectivity index (χ0v) is 14.2. The largest absolute Gasteiger partial charge is 0.504 e. The molecule has 0 unspecified atom stereocenters. The summed E-state index contributed by atoms with van der Waals surface area (Å²) in [4.78, 5) is 12.4. The van der Waals surface area contributed by atoms with E-state index in [0.29, 0.717) is 23.6 Å². The Morgan fingerprint density at radius 2 is 2.04 bits per heavy atom. The Kier molecular flexibility index (Phi) is 6.19. The van der Waals surface area contributed by atoms with Crippen LogP contribution in [0.3, 0.4) is 0 Å². The molecule has 2 rings (SSSR count). The van der Waals surface area contributed by atoms with Crippen LogP contribution < -0.4 is 10.1 Å². The van der Waals surface area contributed by atoms with E-state index in [1.54, 1.807) is 25.1 Å². The molecule has 0 saturated heterocycles. The summed E-state index contributed by atoms with van der Waals surface area (Å²) < 4.78 is 5.32. The third kappa shape index (κ3) is 4.61. The highest BCUT2D eigenvalue weighted by Gasteiger charge is 2.12. The van der Waals surface area contributed by atoms with Crippen LogP contribution in [0.1, 0.15) is 25.0 Å². The molecule has 0 fully saturated rings. The van der Waals surface area contributed by atoms with Crippen LogP contribution in [0.4, 0.5) is 5.69 Å². The maximum atomic E-state index is 12.4. The number of nitrogens with zero attached hydrogens (tertiary/aromatic N) is 1. The lowest BCUT2D eigenvalue weighted by molar-refractivity contribution is -0.112. The average molecular weight is 336 g/mol. The highest BCUT2D eigenvalue weighted by molar-refractivity contribution is 6.10. The minimum atomic E-state index is -0.477. The number of amides is 1. The van der Waals surface area contributed by atoms with Crippen LogP contribution in [-0.4, -0.2) is 17.6 Å². The van der Waals surface area contributed by atoms with E-state index in [1.807, 2.05) is 31.2 Å². The molecule has 0 atom stereocenters. The second-order valence-corrected chi connectivity index (χ2v) is 5.29. The van der Waals surface area contributed by atoms with Crippen molar-refractivity contribution in [2.24, 2.45) is 0 Å². The molecule has 128 valence electrons. The lowest BCUT2D eigenvalue weighted by Gasteiger charge is -2.09. The summed E-state index contributed by atoms with van der Waals surface area (Å²) in [6, 6.07) is 14.1. The van der Waals surface area contributed by atoms with E-state index < -0.39 is 5.91 Å². The molecular weight excluding hydrogens is 316 g/mol. The SMILES string of the molecule is CCOc1cc(/C=C(\C#N)C(=O)Nc2ccccc2CC)ccc1O. The minimum absolute atomic E-state index is 0.0128. The summed E-state index contributed by atoms with van der Waals surface area (Å²) in [5.74, 6) is -0.154. The van der Waals surface area contributed by atoms with Crippen molar-refractivity contribution >= 4 is 17.7 Å². The summed E-state index contributed by atoms with van der Waals surface area (Å²) >= 11 is 0. The summed E-state index contributed by atoms with van der Waals surface area (Å²) in [6.45, 7) is 4.21. The zero-order valence-electron chi connectivity index (χ0n) is 14.2. The number of hydrogen-bond acceptors (Lipinski definition) is 4. The smallest absolute Gasteiger partial charge is 0.266 e. The molecule has 0 heterocycles. The van der Waals surface area contributed by atoms with Crippen molar-refractivity contribution in [3.63, 3.8) is 0 Å². The second-order valence-electron chi connectivity index (χ2n) is 5.29. The van der Waals surface area contributed by atoms with Gasteiger partial charge in [0.1, 0.15) is 11.6 Å². The Hall–Kier alpha value is -3.26. The Labute approximate surface area is 147 Å². The first-order valence-electron chi connectivity index (χ1n) is 8.05. The Morgan fingerprint density at radius 3 is 2.72 bits per heavy atom. The molecule has 0 aliphatic rings. The predicted octanol–water partition coefficient (Wildman–Crippen LogP) is 3.90. The van der Waals surface area contributed by atoms with Crippen molar-refractivity contribution in [2.45, 2.75) is 20.3 Å². The van der Waals surface area contributed by atoms with Gasteiger partial charge in [-0.15, -0.1) is 0 Å². The van der Waals surface area contributed by atoms with Crippen molar-refractivity contribution in [3.05, 3.63) is 59.2 Å². The zero-order chi connectivity index (χ0) is 18.2. The van der Waals surface area contributed by atoms with Crippen LogP contribution in [0.25, 0.3) is 6.08 Å². The minimum Gasteiger partial charge on any atom is -0.504 e. The van der Waals surface area contributed by atoms with Gasteiger partial charge in [-0.3, -0.25) is 4.79 Å². The van der Waals surface area contributed by atoms with Gasteiger partial charge in [0.05, 0.1) is 6.61 Å². The fraction of sp³-hybridized carbons (Fsp3) is 0.200. The fourth-order valence-electron chi connectivity index (χ4n) is 2.35. The predicted molar refractivity (Wildman–Crippen MR) is 97.3 cm³/mol. The van der Waals surface area contributed by atoms with E-state index in [9.17, 15) is 15.2 Å². The standard InChI is InChI=1S/C20H20N2O3/c1-3-15-7-5-6-8-17(15)22-20(24)16(13-21)11-14-9-10-18(23)19(12-14)25-4-2/h5-12,23H,3-4H2,1-2H3,(H,22,24)/b16-11+. The van der Waals surface area contributed by atoms with E-state index in [1.165, 1.54) is 12.1 Å². The van der Waals surface area contributed by atoms with Crippen LogP contribution in [0, 0.1) is 11.3 Å². The first-order chi connectivity index (χ1) is 12.1. The molecule has 2 aromatic carbocycles. The van der Waals surface area contributed by atoms with Gasteiger partial charge < -0.3 is 15.2 Å². The molecule has 5 heteroatoms. The number of aryl methyl sites for hydroxylation is 1. The number of ether oxygens (including phenoxy) is 1. The van der Waals surface area contributed by atoms with Gasteiger partial charge >= 0.3 is 0 Å². The van der Waals surface area contributed by atoms with E-state index in [0.717, 1.165) is 12.0 Å². The molecule has 2 N–H and O–H groups in total. The van der Waals surface area contributed by atoms with E-state index in [-0.39, 0.29) is 11.3 Å². The summed E-state index contributed by atoms with van der Waals surface area (Å²) in [7, 11) is 0. The number of hydrogen-bond donors (Lipinski definition) is 2. The van der Waals surface area contributed by atoms with E-state index >= 15 is 0 Å². The molecular formula is C20H20N2O3. The van der Waals surface area contributed by atoms with Gasteiger partial charge in [-0.25, -0.2) is 0 Å². The van der Waals surface area contributed by atoms with E-state index in [2.05, 4.69) is 5.32 Å². The van der Waals surface area contributed by atoms with Gasteiger partial charge in [-0.2, -0.15) is 5.26 Å². The van der Waals surface area contributed by atoms with E-state index in [4.69, 9.17) is 4.74 Å². The van der Waals surface area contributed by atoms with Gasteiger partial charge in [0.25, 0.3) is 5.91 Å². The fourth-order valence-corrected chi connectivity index (χ4v) is 2.35. The van der Waals surface area contributed by atoms with Crippen molar-refractivity contribution in [2.75, 3.05) is 11.9 Å². The third-order valence-electron chi connectivity index (χ3n) is 3.61. The maximum absolute atomic E-state index is 12.4. The number of anilines is 1. The molecule has 0 aromatic heterocycles. The molecule has 0 aliphatic carbocycles. The Morgan fingerprint density at radius 1 is 1.28 bits per heavy atom. The monoisotopic (exact) mass is 336 g/mol. The van der Waals surface area contributed by atoms with Gasteiger partial charge in [0.2, 0.25) is 0 Å². The number of nitriles is 1. The summed E-state index contributed by atoms with van der Waals surface area (Å²) in [5, 5.41) is 21.8. The number of benzene rings is 2. The molecule has 25 heavy (non-hydrogen) atoms. The van der Waals surface area contributed by atoms with Crippen LogP contribution in [0.15, 0.2) is 48.0 Å². The highest BCUT2D eigenvalue weighted by Crippen LogP contribution is 2.28. The topological polar surface area (TPSA) is 82.3 Å². The van der Waals surface area contributed by atoms with Crippen molar-refractivity contribution in [1.82, 2.24) is 0 Å². The van der Waals surface area contributed by atoms with Gasteiger partial charge in [-0.1, -0.05) is 31.2 Å². The van der Waals surface area contributed by atoms with Crippen molar-refractivity contribution in [1.29, 1.82) is 5.26 Å². The number of rotatable bonds is 6. The lowest BCUT2D eigenvalue weighted by atomic mass is 10.1. The quantitative estimate of drug-likeness (QED) is 0.619. The Bertz CT molecular complexity index is 835. The number of aromatic hydroxyl groups is 1. The van der Waals surface area contributed by atoms with Gasteiger partial charge in [0.15, 0.2) is 11.5 Å². The molecule has 5 nitrogen and oxygen atoms in total. The van der Waals surface area contributed by atoms with Crippen LogP contribution in [-0.2, 0) is 11.2 Å². The van der Waals surface area contributed by atoms with Crippen molar-refractivity contribution < 1.29 is 14.6 Å². The normalized spacial score (nSPS) is 10.8. The summed E-state index contributed by atoms with van der Waals surface area (Å²) in [5.41, 5.74) is 2.25. The molecule has 0 spiro atoms. The van der Waals surface area contributed by atoms with Crippen LogP contribution in [0.2, 0.25) is 0 Å². The molecule has 1 amide bonds. The van der Waals surface area contributed by atoms with Crippen molar-refractivity contribution in [3.8, 4) is 17.6 Å². The molecule has 0 saturated carbocycles. The average Bonchev–Trinajstić information content (AvgIpc) is 2.62. The number of para-hydroxylation sites is 1. The molecule has 0 aliphatic heterocycles. The summed E-state index contributed by atoms with van der Waals surface area (Å²) in [6.07, 6.45) is 2.24. The second kappa shape index (κ2) is 8.55. The Balaban J connectivity index is 2.27. The lowest BCUT2D eigenvalue weighted by Crippen LogP contribution is -2.14. The number of carbonyl (C=O) groups excluding carboxylic acids is 1. The third-order valence-corrected chi connectivity index (χ3v) is 3.61. The first kappa shape index (κ1) is 18.1. The number of carbonyl (C=O) groups is 1. The highest BCUT2D eigenvalue weighted by atomic mass is 16.5. The first-order valence-corrected chi connectivity index (χ1v) is 8.05.